The fourth-order valence-electron chi connectivity index (χ4n) is 2.39. The van der Waals surface area contributed by atoms with Crippen LogP contribution in [-0.4, -0.2) is 12.0 Å². The van der Waals surface area contributed by atoms with Crippen molar-refractivity contribution in [3.63, 3.8) is 0 Å². The molecule has 0 spiro atoms. The quantitative estimate of drug-likeness (QED) is 0.877. The van der Waals surface area contributed by atoms with E-state index in [9.17, 15) is 0 Å². The third kappa shape index (κ3) is 3.44. The van der Waals surface area contributed by atoms with E-state index in [-0.39, 0.29) is 0 Å². The van der Waals surface area contributed by atoms with Crippen molar-refractivity contribution in [1.82, 2.24) is 10.3 Å². The Hall–Kier alpha value is -1.39. The zero-order chi connectivity index (χ0) is 14.8. The Kier molecular flexibility index (Phi) is 4.27. The van der Waals surface area contributed by atoms with Gasteiger partial charge in [-0.2, -0.15) is 0 Å². The van der Waals surface area contributed by atoms with Gasteiger partial charge in [0.05, 0.1) is 5.69 Å². The average Bonchev–Trinajstić information content (AvgIpc) is 3.23. The predicted octanol–water partition coefficient (Wildman–Crippen LogP) is 3.94. The van der Waals surface area contributed by atoms with Gasteiger partial charge in [0.2, 0.25) is 0 Å². The molecule has 0 atom stereocenters. The molecule has 1 heterocycles. The summed E-state index contributed by atoms with van der Waals surface area (Å²) in [6.45, 7) is 5.71. The Labute approximate surface area is 130 Å². The number of hydrogen-bond donors (Lipinski definition) is 1. The molecule has 1 aliphatic rings. The number of benzene rings is 1. The minimum atomic E-state index is 0.566. The van der Waals surface area contributed by atoms with Crippen molar-refractivity contribution < 1.29 is 4.74 Å². The zero-order valence-electron chi connectivity index (χ0n) is 12.9. The van der Waals surface area contributed by atoms with Crippen molar-refractivity contribution in [3.8, 4) is 5.75 Å². The second kappa shape index (κ2) is 6.16. The lowest BCUT2D eigenvalue weighted by Crippen LogP contribution is -2.05. The van der Waals surface area contributed by atoms with Crippen LogP contribution in [0.1, 0.15) is 45.5 Å². The fraction of sp³-hybridized carbons (Fsp3) is 0.471. The zero-order valence-corrected chi connectivity index (χ0v) is 13.7. The fourth-order valence-corrected chi connectivity index (χ4v) is 3.47. The average molecular weight is 302 g/mol. The van der Waals surface area contributed by atoms with Crippen LogP contribution in [0.5, 0.6) is 5.75 Å². The van der Waals surface area contributed by atoms with Gasteiger partial charge in [-0.1, -0.05) is 6.07 Å². The second-order valence-corrected chi connectivity index (χ2v) is 6.92. The van der Waals surface area contributed by atoms with Gasteiger partial charge in [0.1, 0.15) is 17.4 Å². The lowest BCUT2D eigenvalue weighted by atomic mass is 10.1. The van der Waals surface area contributed by atoms with Crippen LogP contribution in [0.2, 0.25) is 0 Å². The number of ether oxygens (including phenoxy) is 1. The van der Waals surface area contributed by atoms with E-state index in [2.05, 4.69) is 31.3 Å². The smallest absolute Gasteiger partial charge is 0.140 e. The maximum atomic E-state index is 5.90. The first-order chi connectivity index (χ1) is 10.2. The molecule has 3 rings (SSSR count). The Bertz CT molecular complexity index is 632. The molecule has 21 heavy (non-hydrogen) atoms. The van der Waals surface area contributed by atoms with Gasteiger partial charge in [0.25, 0.3) is 0 Å². The van der Waals surface area contributed by atoms with E-state index in [1.165, 1.54) is 34.5 Å². The summed E-state index contributed by atoms with van der Waals surface area (Å²) in [6, 6.07) is 6.24. The normalized spacial score (nSPS) is 14.4. The van der Waals surface area contributed by atoms with Gasteiger partial charge in [0, 0.05) is 17.3 Å². The second-order valence-electron chi connectivity index (χ2n) is 5.76. The molecule has 3 nitrogen and oxygen atoms in total. The summed E-state index contributed by atoms with van der Waals surface area (Å²) in [5.74, 6) is 1.62. The van der Waals surface area contributed by atoms with E-state index >= 15 is 0 Å². The lowest BCUT2D eigenvalue weighted by Gasteiger charge is -2.06. The number of nitrogens with one attached hydrogen (secondary N) is 1. The molecule has 1 aliphatic carbocycles. The first-order valence-electron chi connectivity index (χ1n) is 7.50. The Morgan fingerprint density at radius 3 is 2.76 bits per heavy atom. The summed E-state index contributed by atoms with van der Waals surface area (Å²) in [6.07, 6.45) is 2.58. The molecule has 2 aromatic rings. The maximum Gasteiger partial charge on any atom is 0.140 e. The number of aromatic nitrogens is 1. The molecule has 0 saturated heterocycles. The van der Waals surface area contributed by atoms with E-state index in [0.29, 0.717) is 12.5 Å². The number of aryl methyl sites for hydroxylation is 2. The van der Waals surface area contributed by atoms with Crippen molar-refractivity contribution in [2.75, 3.05) is 7.05 Å². The molecule has 0 radical (unpaired) electrons. The van der Waals surface area contributed by atoms with Crippen LogP contribution in [0, 0.1) is 13.8 Å². The lowest BCUT2D eigenvalue weighted by molar-refractivity contribution is 0.305. The maximum absolute atomic E-state index is 5.90. The van der Waals surface area contributed by atoms with Crippen LogP contribution in [-0.2, 0) is 13.2 Å². The monoisotopic (exact) mass is 302 g/mol. The van der Waals surface area contributed by atoms with Crippen LogP contribution < -0.4 is 10.1 Å². The van der Waals surface area contributed by atoms with E-state index < -0.39 is 0 Å². The summed E-state index contributed by atoms with van der Waals surface area (Å²) >= 11 is 1.78. The van der Waals surface area contributed by atoms with Crippen LogP contribution >= 0.6 is 11.3 Å². The largest absolute Gasteiger partial charge is 0.486 e. The molecule has 0 aliphatic heterocycles. The Balaban J connectivity index is 1.69. The van der Waals surface area contributed by atoms with Gasteiger partial charge < -0.3 is 10.1 Å². The summed E-state index contributed by atoms with van der Waals surface area (Å²) < 4.78 is 5.90. The molecule has 0 bridgehead atoms. The van der Waals surface area contributed by atoms with Crippen molar-refractivity contribution in [2.45, 2.75) is 45.8 Å². The Morgan fingerprint density at radius 1 is 1.29 bits per heavy atom. The van der Waals surface area contributed by atoms with E-state index in [0.717, 1.165) is 17.3 Å². The van der Waals surface area contributed by atoms with Crippen LogP contribution in [0.15, 0.2) is 18.2 Å². The molecular weight excluding hydrogens is 280 g/mol. The highest BCUT2D eigenvalue weighted by Crippen LogP contribution is 2.42. The first kappa shape index (κ1) is 14.5. The van der Waals surface area contributed by atoms with Crippen molar-refractivity contribution in [1.29, 1.82) is 0 Å². The molecule has 1 aromatic heterocycles. The minimum Gasteiger partial charge on any atom is -0.486 e. The first-order valence-corrected chi connectivity index (χ1v) is 8.32. The molecule has 0 amide bonds. The molecule has 1 N–H and O–H groups in total. The number of hydrogen-bond acceptors (Lipinski definition) is 4. The minimum absolute atomic E-state index is 0.566. The molecule has 1 fully saturated rings. The molecule has 4 heteroatoms. The number of nitrogens with zero attached hydrogens (tertiary/aromatic N) is 1. The standard InChI is InChI=1S/C17H22N2OS/c1-11-4-7-14(8-12(11)2)20-10-16-19-17(13-5-6-13)15(21-16)9-18-3/h4,7-8,13,18H,5-6,9-10H2,1-3H3. The highest BCUT2D eigenvalue weighted by Gasteiger charge is 2.29. The van der Waals surface area contributed by atoms with Crippen molar-refractivity contribution in [2.24, 2.45) is 0 Å². The molecular formula is C17H22N2OS. The third-order valence-electron chi connectivity index (χ3n) is 3.91. The van der Waals surface area contributed by atoms with E-state index in [4.69, 9.17) is 9.72 Å². The van der Waals surface area contributed by atoms with Gasteiger partial charge in [-0.15, -0.1) is 11.3 Å². The number of thiazole rings is 1. The summed E-state index contributed by atoms with van der Waals surface area (Å²) in [5, 5.41) is 4.32. The molecule has 1 saturated carbocycles. The van der Waals surface area contributed by atoms with Crippen molar-refractivity contribution in [3.05, 3.63) is 44.9 Å². The van der Waals surface area contributed by atoms with Gasteiger partial charge in [-0.05, 0) is 57.0 Å². The summed E-state index contributed by atoms with van der Waals surface area (Å²) in [5.41, 5.74) is 3.86. The predicted molar refractivity (Wildman–Crippen MR) is 87.1 cm³/mol. The van der Waals surface area contributed by atoms with Gasteiger partial charge in [-0.3, -0.25) is 0 Å². The topological polar surface area (TPSA) is 34.1 Å². The summed E-state index contributed by atoms with van der Waals surface area (Å²) in [7, 11) is 1.99. The van der Waals surface area contributed by atoms with Crippen LogP contribution in [0.3, 0.4) is 0 Å². The highest BCUT2D eigenvalue weighted by atomic mass is 32.1. The highest BCUT2D eigenvalue weighted by molar-refractivity contribution is 7.11. The van der Waals surface area contributed by atoms with Gasteiger partial charge in [-0.25, -0.2) is 4.98 Å². The Morgan fingerprint density at radius 2 is 2.10 bits per heavy atom. The van der Waals surface area contributed by atoms with E-state index in [1.807, 2.05) is 13.1 Å². The van der Waals surface area contributed by atoms with E-state index in [1.54, 1.807) is 11.3 Å². The van der Waals surface area contributed by atoms with Crippen molar-refractivity contribution >= 4 is 11.3 Å². The molecule has 112 valence electrons. The third-order valence-corrected chi connectivity index (χ3v) is 4.96. The molecule has 1 aromatic carbocycles. The molecule has 0 unspecified atom stereocenters. The number of rotatable bonds is 6. The van der Waals surface area contributed by atoms with Gasteiger partial charge in [0.15, 0.2) is 0 Å². The SMILES string of the molecule is CNCc1sc(COc2ccc(C)c(C)c2)nc1C1CC1. The van der Waals surface area contributed by atoms with Crippen LogP contribution in [0.4, 0.5) is 0 Å². The van der Waals surface area contributed by atoms with Crippen LogP contribution in [0.25, 0.3) is 0 Å². The van der Waals surface area contributed by atoms with Gasteiger partial charge >= 0.3 is 0 Å². The summed E-state index contributed by atoms with van der Waals surface area (Å²) in [4.78, 5) is 6.17.